The molecule has 0 radical (unpaired) electrons. The van der Waals surface area contributed by atoms with E-state index in [0.717, 1.165) is 31.3 Å². The summed E-state index contributed by atoms with van der Waals surface area (Å²) < 4.78 is 0. The van der Waals surface area contributed by atoms with Crippen molar-refractivity contribution in [2.24, 2.45) is 0 Å². The van der Waals surface area contributed by atoms with Crippen molar-refractivity contribution in [3.63, 3.8) is 0 Å². The zero-order valence-electron chi connectivity index (χ0n) is 6.86. The lowest BCUT2D eigenvalue weighted by Crippen LogP contribution is -2.27. The minimum absolute atomic E-state index is 1.05. The number of nitrogens with one attached hydrogen (secondary N) is 1. The van der Waals surface area contributed by atoms with Crippen LogP contribution in [-0.2, 0) is 0 Å². The average Bonchev–Trinajstić information content (AvgIpc) is 2.48. The van der Waals surface area contributed by atoms with Crippen molar-refractivity contribution in [2.45, 2.75) is 6.42 Å². The van der Waals surface area contributed by atoms with Crippen molar-refractivity contribution in [2.75, 3.05) is 31.1 Å². The van der Waals surface area contributed by atoms with Gasteiger partial charge in [0, 0.05) is 19.6 Å². The van der Waals surface area contributed by atoms with Gasteiger partial charge in [-0.05, 0) is 13.0 Å². The van der Waals surface area contributed by atoms with E-state index in [-0.39, 0.29) is 0 Å². The van der Waals surface area contributed by atoms with Gasteiger partial charge in [-0.15, -0.1) is 10.2 Å². The third-order valence-electron chi connectivity index (χ3n) is 1.96. The molecule has 12 heavy (non-hydrogen) atoms. The van der Waals surface area contributed by atoms with Crippen LogP contribution in [0.2, 0.25) is 0 Å². The fourth-order valence-electron chi connectivity index (χ4n) is 1.34. The summed E-state index contributed by atoms with van der Waals surface area (Å²) in [6, 6.07) is 0. The van der Waals surface area contributed by atoms with Gasteiger partial charge in [0.25, 0.3) is 0 Å². The maximum atomic E-state index is 4.05. The van der Waals surface area contributed by atoms with Crippen LogP contribution in [0, 0.1) is 0 Å². The molecule has 5 heteroatoms. The first-order valence-electron chi connectivity index (χ1n) is 4.18. The topological polar surface area (TPSA) is 41.1 Å². The summed E-state index contributed by atoms with van der Waals surface area (Å²) in [5.74, 6) is 0. The molecule has 0 amide bonds. The van der Waals surface area contributed by atoms with Gasteiger partial charge in [0.1, 0.15) is 5.51 Å². The summed E-state index contributed by atoms with van der Waals surface area (Å²) >= 11 is 1.61. The lowest BCUT2D eigenvalue weighted by atomic mass is 10.4. The first-order chi connectivity index (χ1) is 5.97. The molecule has 66 valence electrons. The van der Waals surface area contributed by atoms with E-state index in [1.807, 2.05) is 0 Å². The standard InChI is InChI=1S/C7H12N4S/c1-2-8-3-5-11(4-1)7-10-9-6-12-7/h6,8H,1-5H2. The normalized spacial score (nSPS) is 19.2. The van der Waals surface area contributed by atoms with Gasteiger partial charge in [0.05, 0.1) is 0 Å². The summed E-state index contributed by atoms with van der Waals surface area (Å²) in [5.41, 5.74) is 1.79. The van der Waals surface area contributed by atoms with Gasteiger partial charge in [-0.1, -0.05) is 11.3 Å². The van der Waals surface area contributed by atoms with Gasteiger partial charge in [-0.25, -0.2) is 0 Å². The van der Waals surface area contributed by atoms with Crippen LogP contribution in [0.1, 0.15) is 6.42 Å². The number of anilines is 1. The molecule has 1 aromatic heterocycles. The first kappa shape index (κ1) is 7.94. The molecule has 0 unspecified atom stereocenters. The number of hydrogen-bond donors (Lipinski definition) is 1. The average molecular weight is 184 g/mol. The Bertz CT molecular complexity index is 215. The van der Waals surface area contributed by atoms with E-state index in [1.165, 1.54) is 6.42 Å². The molecule has 0 atom stereocenters. The predicted molar refractivity (Wildman–Crippen MR) is 49.6 cm³/mol. The lowest BCUT2D eigenvalue weighted by Gasteiger charge is -2.17. The second kappa shape index (κ2) is 3.82. The molecule has 4 nitrogen and oxygen atoms in total. The van der Waals surface area contributed by atoms with Crippen molar-refractivity contribution < 1.29 is 0 Å². The third kappa shape index (κ3) is 1.73. The van der Waals surface area contributed by atoms with Gasteiger partial charge >= 0.3 is 0 Å². The van der Waals surface area contributed by atoms with Crippen LogP contribution in [0.3, 0.4) is 0 Å². The highest BCUT2D eigenvalue weighted by atomic mass is 32.1. The Morgan fingerprint density at radius 2 is 2.42 bits per heavy atom. The smallest absolute Gasteiger partial charge is 0.208 e. The third-order valence-corrected chi connectivity index (χ3v) is 2.71. The zero-order valence-corrected chi connectivity index (χ0v) is 7.68. The Morgan fingerprint density at radius 3 is 3.25 bits per heavy atom. The Labute approximate surface area is 75.6 Å². The molecular formula is C7H12N4S. The molecule has 1 aromatic rings. The van der Waals surface area contributed by atoms with Crippen LogP contribution in [0.25, 0.3) is 0 Å². The summed E-state index contributed by atoms with van der Waals surface area (Å²) in [6.45, 7) is 4.33. The number of aromatic nitrogens is 2. The van der Waals surface area contributed by atoms with E-state index >= 15 is 0 Å². The Balaban J connectivity index is 2.02. The largest absolute Gasteiger partial charge is 0.345 e. The van der Waals surface area contributed by atoms with E-state index in [2.05, 4.69) is 20.4 Å². The molecule has 0 bridgehead atoms. The second-order valence-electron chi connectivity index (χ2n) is 2.81. The van der Waals surface area contributed by atoms with Crippen molar-refractivity contribution in [1.82, 2.24) is 15.5 Å². The molecule has 1 aliphatic rings. The highest BCUT2D eigenvalue weighted by Crippen LogP contribution is 2.15. The predicted octanol–water partition coefficient (Wildman–Crippen LogP) is 0.338. The van der Waals surface area contributed by atoms with Crippen molar-refractivity contribution in [1.29, 1.82) is 0 Å². The monoisotopic (exact) mass is 184 g/mol. The van der Waals surface area contributed by atoms with Gasteiger partial charge in [-0.2, -0.15) is 0 Å². The molecule has 1 aliphatic heterocycles. The van der Waals surface area contributed by atoms with E-state index in [0.29, 0.717) is 0 Å². The number of hydrogen-bond acceptors (Lipinski definition) is 5. The van der Waals surface area contributed by atoms with Crippen LogP contribution in [0.5, 0.6) is 0 Å². The van der Waals surface area contributed by atoms with E-state index < -0.39 is 0 Å². The highest BCUT2D eigenvalue weighted by Gasteiger charge is 2.11. The molecule has 1 fully saturated rings. The van der Waals surface area contributed by atoms with E-state index in [1.54, 1.807) is 16.8 Å². The molecular weight excluding hydrogens is 172 g/mol. The van der Waals surface area contributed by atoms with E-state index in [4.69, 9.17) is 0 Å². The van der Waals surface area contributed by atoms with Crippen LogP contribution < -0.4 is 10.2 Å². The Morgan fingerprint density at radius 1 is 1.42 bits per heavy atom. The van der Waals surface area contributed by atoms with Crippen LogP contribution in [0.15, 0.2) is 5.51 Å². The first-order valence-corrected chi connectivity index (χ1v) is 5.06. The van der Waals surface area contributed by atoms with Crippen LogP contribution in [0.4, 0.5) is 5.13 Å². The maximum absolute atomic E-state index is 4.05. The molecule has 0 aliphatic carbocycles. The van der Waals surface area contributed by atoms with Crippen LogP contribution >= 0.6 is 11.3 Å². The summed E-state index contributed by atoms with van der Waals surface area (Å²) in [5, 5.41) is 12.3. The quantitative estimate of drug-likeness (QED) is 0.683. The number of nitrogens with zero attached hydrogens (tertiary/aromatic N) is 3. The lowest BCUT2D eigenvalue weighted by molar-refractivity contribution is 0.724. The van der Waals surface area contributed by atoms with Gasteiger partial charge in [0.15, 0.2) is 0 Å². The molecule has 2 heterocycles. The van der Waals surface area contributed by atoms with Gasteiger partial charge in [0.2, 0.25) is 5.13 Å². The molecule has 0 spiro atoms. The summed E-state index contributed by atoms with van der Waals surface area (Å²) in [7, 11) is 0. The molecule has 1 N–H and O–H groups in total. The van der Waals surface area contributed by atoms with Gasteiger partial charge in [-0.3, -0.25) is 0 Å². The summed E-state index contributed by atoms with van der Waals surface area (Å²) in [6.07, 6.45) is 1.19. The molecule has 0 aromatic carbocycles. The second-order valence-corrected chi connectivity index (χ2v) is 3.62. The molecule has 1 saturated heterocycles. The minimum atomic E-state index is 1.05. The Hall–Kier alpha value is -0.680. The fourth-order valence-corrected chi connectivity index (χ4v) is 1.96. The van der Waals surface area contributed by atoms with Crippen molar-refractivity contribution in [3.8, 4) is 0 Å². The fraction of sp³-hybridized carbons (Fsp3) is 0.714. The zero-order chi connectivity index (χ0) is 8.23. The van der Waals surface area contributed by atoms with E-state index in [9.17, 15) is 0 Å². The SMILES string of the molecule is c1nnc(N2CCCNCC2)s1. The molecule has 0 saturated carbocycles. The van der Waals surface area contributed by atoms with Crippen LogP contribution in [-0.4, -0.2) is 36.4 Å². The molecule has 2 rings (SSSR count). The minimum Gasteiger partial charge on any atom is -0.345 e. The number of rotatable bonds is 1. The van der Waals surface area contributed by atoms with Crippen molar-refractivity contribution in [3.05, 3.63) is 5.51 Å². The maximum Gasteiger partial charge on any atom is 0.208 e. The summed E-state index contributed by atoms with van der Waals surface area (Å²) in [4.78, 5) is 2.29. The van der Waals surface area contributed by atoms with Gasteiger partial charge < -0.3 is 10.2 Å². The Kier molecular flexibility index (Phi) is 2.53. The highest BCUT2D eigenvalue weighted by molar-refractivity contribution is 7.13. The van der Waals surface area contributed by atoms with Crippen molar-refractivity contribution >= 4 is 16.5 Å².